The molecule has 0 unspecified atom stereocenters. The highest BCUT2D eigenvalue weighted by Crippen LogP contribution is 2.40. The molecule has 1 N–H and O–H groups in total. The second-order valence-electron chi connectivity index (χ2n) is 6.29. The molecule has 0 atom stereocenters. The molecule has 0 saturated carbocycles. The highest BCUT2D eigenvalue weighted by Gasteiger charge is 2.39. The van der Waals surface area contributed by atoms with Gasteiger partial charge in [-0.3, -0.25) is 0 Å². The standard InChI is InChI=1S/C14H24O2Si/c1-10-8-11(2)13(15)12(9-10)16-17(6,7)14(3,4)5/h8-9,15H,1-7H3. The summed E-state index contributed by atoms with van der Waals surface area (Å²) in [6, 6.07) is 3.89. The SMILES string of the molecule is Cc1cc(C)c(O)c(O[Si](C)(C)C(C)(C)C)c1. The molecule has 17 heavy (non-hydrogen) atoms. The Balaban J connectivity index is 3.12. The summed E-state index contributed by atoms with van der Waals surface area (Å²) in [6.45, 7) is 14.9. The van der Waals surface area contributed by atoms with Gasteiger partial charge in [-0.15, -0.1) is 0 Å². The van der Waals surface area contributed by atoms with Gasteiger partial charge in [-0.1, -0.05) is 26.8 Å². The van der Waals surface area contributed by atoms with Crippen molar-refractivity contribution < 1.29 is 9.53 Å². The van der Waals surface area contributed by atoms with Crippen molar-refractivity contribution in [3.05, 3.63) is 23.3 Å². The Labute approximate surface area is 106 Å². The zero-order valence-electron chi connectivity index (χ0n) is 12.0. The first kappa shape index (κ1) is 14.1. The van der Waals surface area contributed by atoms with Crippen molar-refractivity contribution in [2.24, 2.45) is 0 Å². The molecule has 0 aliphatic carbocycles. The van der Waals surface area contributed by atoms with E-state index in [1.165, 1.54) is 0 Å². The average Bonchev–Trinajstić information content (AvgIpc) is 2.11. The van der Waals surface area contributed by atoms with E-state index in [-0.39, 0.29) is 10.8 Å². The summed E-state index contributed by atoms with van der Waals surface area (Å²) in [7, 11) is -1.88. The molecule has 0 bridgehead atoms. The number of hydrogen-bond donors (Lipinski definition) is 1. The van der Waals surface area contributed by atoms with Crippen LogP contribution in [0, 0.1) is 13.8 Å². The van der Waals surface area contributed by atoms with Crippen LogP contribution in [0.15, 0.2) is 12.1 Å². The molecule has 1 aromatic rings. The molecule has 0 fully saturated rings. The van der Waals surface area contributed by atoms with Gasteiger partial charge < -0.3 is 9.53 Å². The second kappa shape index (κ2) is 4.37. The van der Waals surface area contributed by atoms with Crippen LogP contribution in [-0.2, 0) is 0 Å². The van der Waals surface area contributed by atoms with Crippen LogP contribution in [0.4, 0.5) is 0 Å². The first-order valence-corrected chi connectivity index (χ1v) is 8.94. The monoisotopic (exact) mass is 252 g/mol. The van der Waals surface area contributed by atoms with E-state index in [2.05, 4.69) is 33.9 Å². The van der Waals surface area contributed by atoms with Crippen molar-refractivity contribution in [1.29, 1.82) is 0 Å². The number of benzene rings is 1. The molecule has 3 heteroatoms. The van der Waals surface area contributed by atoms with E-state index >= 15 is 0 Å². The highest BCUT2D eigenvalue weighted by molar-refractivity contribution is 6.74. The minimum absolute atomic E-state index is 0.136. The Hall–Kier alpha value is -0.963. The van der Waals surface area contributed by atoms with Crippen molar-refractivity contribution in [1.82, 2.24) is 0 Å². The fraction of sp³-hybridized carbons (Fsp3) is 0.571. The van der Waals surface area contributed by atoms with Gasteiger partial charge in [0.15, 0.2) is 5.75 Å². The number of aryl methyl sites for hydroxylation is 2. The minimum atomic E-state index is -1.88. The normalized spacial score (nSPS) is 12.6. The number of aromatic hydroxyl groups is 1. The van der Waals surface area contributed by atoms with Crippen LogP contribution >= 0.6 is 0 Å². The molecule has 96 valence electrons. The van der Waals surface area contributed by atoms with Crippen LogP contribution in [0.25, 0.3) is 0 Å². The van der Waals surface area contributed by atoms with Gasteiger partial charge >= 0.3 is 0 Å². The van der Waals surface area contributed by atoms with E-state index in [0.29, 0.717) is 5.75 Å². The van der Waals surface area contributed by atoms with Gasteiger partial charge in [0.2, 0.25) is 0 Å². The van der Waals surface area contributed by atoms with Gasteiger partial charge in [-0.05, 0) is 49.2 Å². The lowest BCUT2D eigenvalue weighted by atomic mass is 10.1. The first-order chi connectivity index (χ1) is 7.54. The van der Waals surface area contributed by atoms with E-state index in [1.54, 1.807) is 0 Å². The van der Waals surface area contributed by atoms with Gasteiger partial charge in [0.25, 0.3) is 8.32 Å². The van der Waals surface area contributed by atoms with Crippen molar-refractivity contribution in [3.8, 4) is 11.5 Å². The van der Waals surface area contributed by atoms with Crippen LogP contribution in [-0.4, -0.2) is 13.4 Å². The largest absolute Gasteiger partial charge is 0.541 e. The summed E-state index contributed by atoms with van der Waals surface area (Å²) in [4.78, 5) is 0. The maximum absolute atomic E-state index is 10.0. The quantitative estimate of drug-likeness (QED) is 0.791. The molecule has 0 radical (unpaired) electrons. The Bertz CT molecular complexity index is 417. The molecule has 0 aromatic heterocycles. The van der Waals surface area contributed by atoms with Gasteiger partial charge in [0.1, 0.15) is 5.75 Å². The second-order valence-corrected chi connectivity index (χ2v) is 11.0. The predicted octanol–water partition coefficient (Wildman–Crippen LogP) is 4.39. The molecule has 0 amide bonds. The van der Waals surface area contributed by atoms with Gasteiger partial charge in [0.05, 0.1) is 0 Å². The maximum Gasteiger partial charge on any atom is 0.250 e. The lowest BCUT2D eigenvalue weighted by Gasteiger charge is -2.36. The number of phenolic OH excluding ortho intramolecular Hbond substituents is 1. The lowest BCUT2D eigenvalue weighted by molar-refractivity contribution is 0.419. The Morgan fingerprint density at radius 1 is 1.12 bits per heavy atom. The van der Waals surface area contributed by atoms with Gasteiger partial charge in [-0.25, -0.2) is 0 Å². The van der Waals surface area contributed by atoms with Crippen LogP contribution in [0.2, 0.25) is 18.1 Å². The van der Waals surface area contributed by atoms with Crippen molar-refractivity contribution in [3.63, 3.8) is 0 Å². The fourth-order valence-corrected chi connectivity index (χ4v) is 2.44. The molecule has 2 nitrogen and oxygen atoms in total. The van der Waals surface area contributed by atoms with Crippen LogP contribution in [0.1, 0.15) is 31.9 Å². The summed E-state index contributed by atoms with van der Waals surface area (Å²) in [5.74, 6) is 0.912. The van der Waals surface area contributed by atoms with Crippen molar-refractivity contribution in [2.45, 2.75) is 52.8 Å². The van der Waals surface area contributed by atoms with Crippen molar-refractivity contribution in [2.75, 3.05) is 0 Å². The lowest BCUT2D eigenvalue weighted by Crippen LogP contribution is -2.43. The van der Waals surface area contributed by atoms with Crippen LogP contribution in [0.5, 0.6) is 11.5 Å². The molecule has 0 spiro atoms. The Morgan fingerprint density at radius 3 is 2.12 bits per heavy atom. The van der Waals surface area contributed by atoms with E-state index in [4.69, 9.17) is 4.43 Å². The Kier molecular flexibility index (Phi) is 3.62. The predicted molar refractivity (Wildman–Crippen MR) is 75.4 cm³/mol. The third kappa shape index (κ3) is 3.03. The zero-order chi connectivity index (χ0) is 13.4. The highest BCUT2D eigenvalue weighted by atomic mass is 28.4. The zero-order valence-corrected chi connectivity index (χ0v) is 13.0. The smallest absolute Gasteiger partial charge is 0.250 e. The third-order valence-corrected chi connectivity index (χ3v) is 7.92. The number of hydrogen-bond acceptors (Lipinski definition) is 2. The summed E-state index contributed by atoms with van der Waals surface area (Å²) in [5.41, 5.74) is 1.99. The molecule has 0 aliphatic heterocycles. The molecule has 1 rings (SSSR count). The summed E-state index contributed by atoms with van der Waals surface area (Å²) < 4.78 is 6.15. The number of phenols is 1. The minimum Gasteiger partial charge on any atom is -0.541 e. The summed E-state index contributed by atoms with van der Waals surface area (Å²) in [6.07, 6.45) is 0. The summed E-state index contributed by atoms with van der Waals surface area (Å²) in [5, 5.41) is 10.2. The molecular weight excluding hydrogens is 228 g/mol. The average molecular weight is 252 g/mol. The van der Waals surface area contributed by atoms with E-state index in [9.17, 15) is 5.11 Å². The molecule has 1 aromatic carbocycles. The molecular formula is C14H24O2Si. The summed E-state index contributed by atoms with van der Waals surface area (Å²) >= 11 is 0. The third-order valence-electron chi connectivity index (χ3n) is 3.58. The van der Waals surface area contributed by atoms with Gasteiger partial charge in [0, 0.05) is 0 Å². The number of rotatable bonds is 2. The van der Waals surface area contributed by atoms with E-state index in [0.717, 1.165) is 11.1 Å². The maximum atomic E-state index is 10.0. The van der Waals surface area contributed by atoms with E-state index < -0.39 is 8.32 Å². The van der Waals surface area contributed by atoms with Crippen molar-refractivity contribution >= 4 is 8.32 Å². The first-order valence-electron chi connectivity index (χ1n) is 6.04. The Morgan fingerprint density at radius 2 is 1.65 bits per heavy atom. The topological polar surface area (TPSA) is 29.5 Å². The molecule has 0 heterocycles. The fourth-order valence-electron chi connectivity index (χ4n) is 1.43. The molecule has 0 saturated heterocycles. The molecule has 0 aliphatic rings. The van der Waals surface area contributed by atoms with Gasteiger partial charge in [-0.2, -0.15) is 0 Å². The van der Waals surface area contributed by atoms with E-state index in [1.807, 2.05) is 26.0 Å². The van der Waals surface area contributed by atoms with Crippen LogP contribution in [0.3, 0.4) is 0 Å². The van der Waals surface area contributed by atoms with Crippen LogP contribution < -0.4 is 4.43 Å².